The largest absolute Gasteiger partial charge is 0.456 e. The number of halogens is 1. The van der Waals surface area contributed by atoms with Gasteiger partial charge in [-0.15, -0.1) is 0 Å². The predicted octanol–water partition coefficient (Wildman–Crippen LogP) is 2.97. The Hall–Kier alpha value is -2.22. The molecule has 2 bridgehead atoms. The Bertz CT molecular complexity index is 902. The third-order valence-corrected chi connectivity index (χ3v) is 7.56. The lowest BCUT2D eigenvalue weighted by atomic mass is 9.81. The molecule has 1 heterocycles. The Kier molecular flexibility index (Phi) is 5.70. The zero-order valence-corrected chi connectivity index (χ0v) is 18.7. The number of anilines is 1. The van der Waals surface area contributed by atoms with Crippen LogP contribution in [0.25, 0.3) is 0 Å². The van der Waals surface area contributed by atoms with Crippen LogP contribution in [0, 0.1) is 37.5 Å². The van der Waals surface area contributed by atoms with Gasteiger partial charge in [-0.2, -0.15) is 0 Å². The standard InChI is InChI=1S/C22H25BrN2O5/c1-11-8-16(12(2)7-15(11)23)24-17(26)10-30-18(27)5-6-25-21(28)19-13-3-4-14(9-13)20(19)22(25)29/h7-8,13-14,19-20H,3-6,9-10H2,1-2H3,(H,24,26)/t13-,14-,19-,20-/m0/s1. The number of fused-ring (bicyclic) bond motifs is 5. The van der Waals surface area contributed by atoms with Gasteiger partial charge in [-0.3, -0.25) is 24.1 Å². The molecule has 7 nitrogen and oxygen atoms in total. The number of esters is 1. The first-order valence-electron chi connectivity index (χ1n) is 10.3. The smallest absolute Gasteiger partial charge is 0.308 e. The fourth-order valence-corrected chi connectivity index (χ4v) is 5.67. The van der Waals surface area contributed by atoms with Crippen molar-refractivity contribution < 1.29 is 23.9 Å². The van der Waals surface area contributed by atoms with E-state index in [1.165, 1.54) is 4.90 Å². The summed E-state index contributed by atoms with van der Waals surface area (Å²) < 4.78 is 5.99. The van der Waals surface area contributed by atoms with Gasteiger partial charge in [-0.25, -0.2) is 0 Å². The second-order valence-electron chi connectivity index (χ2n) is 8.59. The normalized spacial score (nSPS) is 26.8. The number of nitrogens with one attached hydrogen (secondary N) is 1. The number of imide groups is 1. The molecule has 8 heteroatoms. The SMILES string of the molecule is Cc1cc(NC(=O)COC(=O)CCN2C(=O)[C@H]3[C@H]4CC[C@@H](C4)[C@@H]3C2=O)c(C)cc1Br. The lowest BCUT2D eigenvalue weighted by molar-refractivity contribution is -0.149. The van der Waals surface area contributed by atoms with E-state index >= 15 is 0 Å². The highest BCUT2D eigenvalue weighted by Gasteiger charge is 2.60. The highest BCUT2D eigenvalue weighted by atomic mass is 79.9. The van der Waals surface area contributed by atoms with Gasteiger partial charge in [-0.1, -0.05) is 15.9 Å². The fraction of sp³-hybridized carbons (Fsp3) is 0.545. The maximum absolute atomic E-state index is 12.6. The van der Waals surface area contributed by atoms with Crippen molar-refractivity contribution in [1.29, 1.82) is 0 Å². The van der Waals surface area contributed by atoms with Crippen molar-refractivity contribution in [3.8, 4) is 0 Å². The van der Waals surface area contributed by atoms with Crippen molar-refractivity contribution in [2.24, 2.45) is 23.7 Å². The van der Waals surface area contributed by atoms with Crippen molar-refractivity contribution in [2.75, 3.05) is 18.5 Å². The molecule has 3 amide bonds. The molecule has 1 aromatic carbocycles. The van der Waals surface area contributed by atoms with Crippen LogP contribution in [0.1, 0.15) is 36.8 Å². The summed E-state index contributed by atoms with van der Waals surface area (Å²) in [6.45, 7) is 3.40. The summed E-state index contributed by atoms with van der Waals surface area (Å²) in [5.74, 6) is -1.04. The highest BCUT2D eigenvalue weighted by Crippen LogP contribution is 2.56. The summed E-state index contributed by atoms with van der Waals surface area (Å²) in [6, 6.07) is 3.75. The third kappa shape index (κ3) is 3.77. The van der Waals surface area contributed by atoms with Gasteiger partial charge in [0.05, 0.1) is 18.3 Å². The number of nitrogens with zero attached hydrogens (tertiary/aromatic N) is 1. The molecular formula is C22H25BrN2O5. The van der Waals surface area contributed by atoms with Crippen molar-refractivity contribution in [2.45, 2.75) is 39.5 Å². The van der Waals surface area contributed by atoms with Gasteiger partial charge in [-0.05, 0) is 68.2 Å². The van der Waals surface area contributed by atoms with Gasteiger partial charge in [0.2, 0.25) is 11.8 Å². The van der Waals surface area contributed by atoms with Crippen LogP contribution in [0.3, 0.4) is 0 Å². The number of hydrogen-bond donors (Lipinski definition) is 1. The third-order valence-electron chi connectivity index (χ3n) is 6.70. The summed E-state index contributed by atoms with van der Waals surface area (Å²) in [4.78, 5) is 50.7. The van der Waals surface area contributed by atoms with E-state index in [1.54, 1.807) is 0 Å². The summed E-state index contributed by atoms with van der Waals surface area (Å²) in [7, 11) is 0. The zero-order chi connectivity index (χ0) is 21.6. The van der Waals surface area contributed by atoms with Crippen LogP contribution in [-0.2, 0) is 23.9 Å². The molecule has 30 heavy (non-hydrogen) atoms. The number of likely N-dealkylation sites (tertiary alicyclic amines) is 1. The average molecular weight is 477 g/mol. The molecule has 2 aliphatic carbocycles. The summed E-state index contributed by atoms with van der Waals surface area (Å²) in [6.07, 6.45) is 2.92. The van der Waals surface area contributed by atoms with Crippen LogP contribution < -0.4 is 5.32 Å². The Morgan fingerprint density at radius 3 is 2.37 bits per heavy atom. The number of carbonyl (C=O) groups excluding carboxylic acids is 4. The molecule has 0 unspecified atom stereocenters. The van der Waals surface area contributed by atoms with Gasteiger partial charge in [0.1, 0.15) is 0 Å². The van der Waals surface area contributed by atoms with Crippen molar-refractivity contribution in [3.63, 3.8) is 0 Å². The van der Waals surface area contributed by atoms with Crippen LogP contribution >= 0.6 is 15.9 Å². The van der Waals surface area contributed by atoms with E-state index in [-0.39, 0.29) is 36.6 Å². The minimum Gasteiger partial charge on any atom is -0.456 e. The number of rotatable bonds is 6. The quantitative estimate of drug-likeness (QED) is 0.503. The summed E-state index contributed by atoms with van der Waals surface area (Å²) in [5, 5.41) is 2.73. The fourth-order valence-electron chi connectivity index (χ4n) is 5.21. The Morgan fingerprint density at radius 2 is 1.73 bits per heavy atom. The van der Waals surface area contributed by atoms with Crippen LogP contribution in [0.5, 0.6) is 0 Å². The molecule has 160 valence electrons. The van der Waals surface area contributed by atoms with Gasteiger partial charge in [0.15, 0.2) is 6.61 Å². The lowest BCUT2D eigenvalue weighted by Crippen LogP contribution is -2.35. The second-order valence-corrected chi connectivity index (χ2v) is 9.44. The maximum atomic E-state index is 12.6. The number of hydrogen-bond acceptors (Lipinski definition) is 5. The first kappa shape index (κ1) is 21.0. The summed E-state index contributed by atoms with van der Waals surface area (Å²) >= 11 is 3.44. The van der Waals surface area contributed by atoms with Gasteiger partial charge < -0.3 is 10.1 Å². The van der Waals surface area contributed by atoms with Crippen molar-refractivity contribution >= 4 is 45.3 Å². The zero-order valence-electron chi connectivity index (χ0n) is 17.1. The Labute approximate surface area is 183 Å². The topological polar surface area (TPSA) is 92.8 Å². The Balaban J connectivity index is 1.25. The number of carbonyl (C=O) groups is 4. The molecule has 4 atom stereocenters. The Morgan fingerprint density at radius 1 is 1.10 bits per heavy atom. The van der Waals surface area contributed by atoms with E-state index < -0.39 is 18.5 Å². The molecule has 2 saturated carbocycles. The minimum atomic E-state index is -0.602. The molecule has 1 aliphatic heterocycles. The molecular weight excluding hydrogens is 452 g/mol. The molecule has 1 N–H and O–H groups in total. The first-order valence-corrected chi connectivity index (χ1v) is 11.1. The number of benzene rings is 1. The van der Waals surface area contributed by atoms with Gasteiger partial charge in [0.25, 0.3) is 5.91 Å². The van der Waals surface area contributed by atoms with Gasteiger partial charge in [0, 0.05) is 16.7 Å². The maximum Gasteiger partial charge on any atom is 0.308 e. The van der Waals surface area contributed by atoms with Crippen molar-refractivity contribution in [3.05, 3.63) is 27.7 Å². The van der Waals surface area contributed by atoms with E-state index in [9.17, 15) is 19.2 Å². The van der Waals surface area contributed by atoms with E-state index in [0.29, 0.717) is 17.5 Å². The molecule has 4 rings (SSSR count). The molecule has 3 fully saturated rings. The molecule has 3 aliphatic rings. The van der Waals surface area contributed by atoms with Crippen LogP contribution in [0.4, 0.5) is 5.69 Å². The molecule has 0 aromatic heterocycles. The van der Waals surface area contributed by atoms with E-state index in [4.69, 9.17) is 4.74 Å². The predicted molar refractivity (Wildman–Crippen MR) is 112 cm³/mol. The number of amides is 3. The molecule has 0 spiro atoms. The van der Waals surface area contributed by atoms with E-state index in [0.717, 1.165) is 34.9 Å². The monoisotopic (exact) mass is 476 g/mol. The van der Waals surface area contributed by atoms with Gasteiger partial charge >= 0.3 is 5.97 Å². The first-order chi connectivity index (χ1) is 14.3. The van der Waals surface area contributed by atoms with Crippen LogP contribution in [0.15, 0.2) is 16.6 Å². The molecule has 0 radical (unpaired) electrons. The second kappa shape index (κ2) is 8.13. The van der Waals surface area contributed by atoms with Crippen LogP contribution in [0.2, 0.25) is 0 Å². The number of ether oxygens (including phenoxy) is 1. The number of aryl methyl sites for hydroxylation is 2. The summed E-state index contributed by atoms with van der Waals surface area (Å²) in [5.41, 5.74) is 2.52. The minimum absolute atomic E-state index is 0.0234. The lowest BCUT2D eigenvalue weighted by Gasteiger charge is -2.19. The van der Waals surface area contributed by atoms with E-state index in [1.807, 2.05) is 26.0 Å². The molecule has 1 aromatic rings. The molecule has 1 saturated heterocycles. The van der Waals surface area contributed by atoms with Crippen LogP contribution in [-0.4, -0.2) is 41.7 Å². The average Bonchev–Trinajstić information content (AvgIpc) is 3.37. The van der Waals surface area contributed by atoms with Crippen molar-refractivity contribution in [1.82, 2.24) is 4.90 Å². The van der Waals surface area contributed by atoms with E-state index in [2.05, 4.69) is 21.2 Å². The highest BCUT2D eigenvalue weighted by molar-refractivity contribution is 9.10.